The molecule has 0 saturated heterocycles. The van der Waals surface area contributed by atoms with Gasteiger partial charge in [-0.15, -0.1) is 24.0 Å². The Morgan fingerprint density at radius 3 is 2.79 bits per heavy atom. The first-order valence-corrected chi connectivity index (χ1v) is 8.24. The normalized spacial score (nSPS) is 15.8. The lowest BCUT2D eigenvalue weighted by Gasteiger charge is -2.23. The number of rotatable bonds is 4. The number of imidazole rings is 1. The first kappa shape index (κ1) is 18.7. The third-order valence-electron chi connectivity index (χ3n) is 4.30. The zero-order chi connectivity index (χ0) is 16.1. The summed E-state index contributed by atoms with van der Waals surface area (Å²) in [6, 6.07) is 4.42. The Bertz CT molecular complexity index is 675. The van der Waals surface area contributed by atoms with Crippen LogP contribution in [-0.4, -0.2) is 26.5 Å². The van der Waals surface area contributed by atoms with Gasteiger partial charge in [0.25, 0.3) is 0 Å². The average molecular weight is 440 g/mol. The van der Waals surface area contributed by atoms with Gasteiger partial charge >= 0.3 is 0 Å². The highest BCUT2D eigenvalue weighted by molar-refractivity contribution is 14.0. The molecule has 6 nitrogen and oxygen atoms in total. The van der Waals surface area contributed by atoms with Crippen molar-refractivity contribution in [1.82, 2.24) is 19.9 Å². The monoisotopic (exact) mass is 440 g/mol. The van der Waals surface area contributed by atoms with Crippen LogP contribution in [0.5, 0.6) is 0 Å². The molecule has 130 valence electrons. The molecule has 3 rings (SSSR count). The molecule has 0 radical (unpaired) electrons. The van der Waals surface area contributed by atoms with Crippen LogP contribution >= 0.6 is 24.0 Å². The quantitative estimate of drug-likeness (QED) is 0.435. The number of pyridine rings is 1. The highest BCUT2D eigenvalue weighted by Gasteiger charge is 2.13. The molecule has 0 aliphatic heterocycles. The van der Waals surface area contributed by atoms with Gasteiger partial charge in [0.1, 0.15) is 11.6 Å². The van der Waals surface area contributed by atoms with E-state index in [0.29, 0.717) is 18.5 Å². The maximum Gasteiger partial charge on any atom is 0.189 e. The molecular formula is C17H25IN6. The van der Waals surface area contributed by atoms with E-state index in [-0.39, 0.29) is 24.0 Å². The van der Waals surface area contributed by atoms with Crippen molar-refractivity contribution in [2.24, 2.45) is 10.7 Å². The van der Waals surface area contributed by atoms with Crippen LogP contribution in [0.1, 0.15) is 43.5 Å². The molecule has 1 aliphatic rings. The van der Waals surface area contributed by atoms with Gasteiger partial charge in [0.2, 0.25) is 0 Å². The van der Waals surface area contributed by atoms with Gasteiger partial charge in [0, 0.05) is 30.2 Å². The maximum absolute atomic E-state index is 6.05. The van der Waals surface area contributed by atoms with E-state index in [9.17, 15) is 0 Å². The number of halogens is 1. The van der Waals surface area contributed by atoms with Crippen LogP contribution in [-0.2, 0) is 6.54 Å². The summed E-state index contributed by atoms with van der Waals surface area (Å²) in [5.41, 5.74) is 7.08. The molecule has 0 atom stereocenters. The second kappa shape index (κ2) is 9.00. The molecule has 24 heavy (non-hydrogen) atoms. The second-order valence-electron chi connectivity index (χ2n) is 6.01. The zero-order valence-electron chi connectivity index (χ0n) is 14.0. The molecule has 2 heterocycles. The summed E-state index contributed by atoms with van der Waals surface area (Å²) in [6.45, 7) is 2.47. The fourth-order valence-electron chi connectivity index (χ4n) is 3.04. The maximum atomic E-state index is 6.05. The Balaban J connectivity index is 0.00000208. The minimum atomic E-state index is 0. The molecule has 1 fully saturated rings. The lowest BCUT2D eigenvalue weighted by Crippen LogP contribution is -2.41. The first-order chi connectivity index (χ1) is 11.2. The van der Waals surface area contributed by atoms with Crippen LogP contribution in [0.3, 0.4) is 0 Å². The van der Waals surface area contributed by atoms with Crippen molar-refractivity contribution in [1.29, 1.82) is 0 Å². The Morgan fingerprint density at radius 1 is 1.29 bits per heavy atom. The van der Waals surface area contributed by atoms with Gasteiger partial charge < -0.3 is 11.1 Å². The van der Waals surface area contributed by atoms with Crippen molar-refractivity contribution < 1.29 is 0 Å². The highest BCUT2D eigenvalue weighted by Crippen LogP contribution is 2.17. The largest absolute Gasteiger partial charge is 0.370 e. The number of aryl methyl sites for hydroxylation is 1. The van der Waals surface area contributed by atoms with E-state index in [1.54, 1.807) is 12.4 Å². The summed E-state index contributed by atoms with van der Waals surface area (Å²) in [5, 5.41) is 3.34. The molecule has 0 amide bonds. The molecule has 0 spiro atoms. The van der Waals surface area contributed by atoms with Crippen molar-refractivity contribution in [2.75, 3.05) is 0 Å². The minimum Gasteiger partial charge on any atom is -0.370 e. The fraction of sp³-hybridized carbons (Fsp3) is 0.471. The Hall–Kier alpha value is -1.64. The molecule has 1 aliphatic carbocycles. The van der Waals surface area contributed by atoms with Crippen molar-refractivity contribution in [3.63, 3.8) is 0 Å². The van der Waals surface area contributed by atoms with Gasteiger partial charge in [-0.1, -0.05) is 25.3 Å². The van der Waals surface area contributed by atoms with Gasteiger partial charge in [-0.05, 0) is 25.8 Å². The molecule has 2 aromatic rings. The second-order valence-corrected chi connectivity index (χ2v) is 6.01. The van der Waals surface area contributed by atoms with Gasteiger partial charge in [-0.3, -0.25) is 4.57 Å². The van der Waals surface area contributed by atoms with Crippen molar-refractivity contribution in [3.8, 4) is 5.82 Å². The minimum absolute atomic E-state index is 0. The molecule has 0 unspecified atom stereocenters. The Morgan fingerprint density at radius 2 is 2.08 bits per heavy atom. The van der Waals surface area contributed by atoms with Crippen molar-refractivity contribution >= 4 is 29.9 Å². The van der Waals surface area contributed by atoms with Gasteiger partial charge in [0.15, 0.2) is 5.96 Å². The van der Waals surface area contributed by atoms with Gasteiger partial charge in [0.05, 0.1) is 6.54 Å². The number of nitrogens with two attached hydrogens (primary N) is 1. The standard InChI is InChI=1S/C17H24N6.HI/c1-13-19-10-11-23(13)16-14(6-5-9-20-16)12-21-17(18)22-15-7-3-2-4-8-15;/h5-6,9-11,15H,2-4,7-8,12H2,1H3,(H3,18,21,22);1H. The molecule has 2 aromatic heterocycles. The van der Waals surface area contributed by atoms with Crippen LogP contribution in [0.2, 0.25) is 0 Å². The summed E-state index contributed by atoms with van der Waals surface area (Å²) in [4.78, 5) is 13.2. The number of hydrogen-bond donors (Lipinski definition) is 2. The van der Waals surface area contributed by atoms with Crippen molar-refractivity contribution in [3.05, 3.63) is 42.1 Å². The highest BCUT2D eigenvalue weighted by atomic mass is 127. The number of guanidine groups is 1. The number of aromatic nitrogens is 3. The van der Waals surface area contributed by atoms with Crippen LogP contribution < -0.4 is 11.1 Å². The van der Waals surface area contributed by atoms with E-state index < -0.39 is 0 Å². The third kappa shape index (κ3) is 4.68. The van der Waals surface area contributed by atoms with E-state index >= 15 is 0 Å². The molecule has 0 bridgehead atoms. The third-order valence-corrected chi connectivity index (χ3v) is 4.30. The van der Waals surface area contributed by atoms with Crippen LogP contribution in [0.25, 0.3) is 5.82 Å². The predicted octanol–water partition coefficient (Wildman–Crippen LogP) is 2.93. The first-order valence-electron chi connectivity index (χ1n) is 8.24. The van der Waals surface area contributed by atoms with E-state index in [2.05, 4.69) is 20.3 Å². The molecule has 7 heteroatoms. The predicted molar refractivity (Wildman–Crippen MR) is 107 cm³/mol. The summed E-state index contributed by atoms with van der Waals surface area (Å²) in [6.07, 6.45) is 11.7. The van der Waals surface area contributed by atoms with Crippen LogP contribution in [0.15, 0.2) is 35.7 Å². The average Bonchev–Trinajstić information content (AvgIpc) is 3.00. The van der Waals surface area contributed by atoms with Gasteiger partial charge in [-0.25, -0.2) is 15.0 Å². The number of nitrogens with one attached hydrogen (secondary N) is 1. The van der Waals surface area contributed by atoms with E-state index in [4.69, 9.17) is 5.73 Å². The fourth-order valence-corrected chi connectivity index (χ4v) is 3.04. The summed E-state index contributed by atoms with van der Waals surface area (Å²) in [7, 11) is 0. The lowest BCUT2D eigenvalue weighted by molar-refractivity contribution is 0.412. The molecule has 0 aromatic carbocycles. The Labute approximate surface area is 160 Å². The smallest absolute Gasteiger partial charge is 0.189 e. The molecule has 1 saturated carbocycles. The molecule has 3 N–H and O–H groups in total. The van der Waals surface area contributed by atoms with Gasteiger partial charge in [-0.2, -0.15) is 0 Å². The van der Waals surface area contributed by atoms with E-state index in [1.165, 1.54) is 32.1 Å². The van der Waals surface area contributed by atoms with E-state index in [0.717, 1.165) is 17.2 Å². The lowest BCUT2D eigenvalue weighted by atomic mass is 9.96. The SMILES string of the molecule is Cc1nccn1-c1ncccc1CN=C(N)NC1CCCCC1.I. The van der Waals surface area contributed by atoms with Crippen molar-refractivity contribution in [2.45, 2.75) is 51.6 Å². The van der Waals surface area contributed by atoms with E-state index in [1.807, 2.05) is 29.8 Å². The Kier molecular flexibility index (Phi) is 7.01. The topological polar surface area (TPSA) is 81.1 Å². The summed E-state index contributed by atoms with van der Waals surface area (Å²) in [5.74, 6) is 2.29. The van der Waals surface area contributed by atoms with Crippen LogP contribution in [0, 0.1) is 6.92 Å². The number of hydrogen-bond acceptors (Lipinski definition) is 3. The number of aliphatic imine (C=N–C) groups is 1. The molecular weight excluding hydrogens is 415 g/mol. The number of nitrogens with zero attached hydrogens (tertiary/aromatic N) is 4. The van der Waals surface area contributed by atoms with Crippen LogP contribution in [0.4, 0.5) is 0 Å². The zero-order valence-corrected chi connectivity index (χ0v) is 16.3. The summed E-state index contributed by atoms with van der Waals surface area (Å²) >= 11 is 0. The summed E-state index contributed by atoms with van der Waals surface area (Å²) < 4.78 is 1.97.